The number of aromatic nitrogens is 1. The van der Waals surface area contributed by atoms with E-state index < -0.39 is 0 Å². The van der Waals surface area contributed by atoms with E-state index in [1.165, 1.54) is 17.1 Å². The average Bonchev–Trinajstić information content (AvgIpc) is 3.03. The predicted octanol–water partition coefficient (Wildman–Crippen LogP) is 5.31. The molecule has 0 saturated heterocycles. The highest BCUT2D eigenvalue weighted by molar-refractivity contribution is 7.80. The Morgan fingerprint density at radius 3 is 2.53 bits per heavy atom. The van der Waals surface area contributed by atoms with Gasteiger partial charge in [0.25, 0.3) is 0 Å². The molecule has 30 heavy (non-hydrogen) atoms. The van der Waals surface area contributed by atoms with E-state index in [2.05, 4.69) is 48.6 Å². The van der Waals surface area contributed by atoms with Gasteiger partial charge in [-0.05, 0) is 67.4 Å². The van der Waals surface area contributed by atoms with Gasteiger partial charge in [-0.1, -0.05) is 20.4 Å². The van der Waals surface area contributed by atoms with E-state index in [9.17, 15) is 10.2 Å². The van der Waals surface area contributed by atoms with Gasteiger partial charge in [0.15, 0.2) is 5.11 Å². The molecule has 3 aromatic rings. The van der Waals surface area contributed by atoms with Crippen LogP contribution in [0.15, 0.2) is 43.1 Å². The van der Waals surface area contributed by atoms with E-state index in [0.29, 0.717) is 22.8 Å². The highest BCUT2D eigenvalue weighted by Gasteiger charge is 2.21. The fourth-order valence-electron chi connectivity index (χ4n) is 3.79. The summed E-state index contributed by atoms with van der Waals surface area (Å²) in [6.45, 7) is 11.4. The Balaban J connectivity index is 2.13. The van der Waals surface area contributed by atoms with Crippen molar-refractivity contribution in [2.45, 2.75) is 40.2 Å². The molecule has 0 aliphatic carbocycles. The Morgan fingerprint density at radius 1 is 1.17 bits per heavy atom. The van der Waals surface area contributed by atoms with Crippen LogP contribution in [0, 0.1) is 6.92 Å². The summed E-state index contributed by atoms with van der Waals surface area (Å²) in [5, 5.41) is 25.2. The number of rotatable bonds is 6. The molecule has 1 aromatic heterocycles. The number of phenols is 2. The first-order valence-corrected chi connectivity index (χ1v) is 10.6. The summed E-state index contributed by atoms with van der Waals surface area (Å²) in [5.41, 5.74) is 5.04. The van der Waals surface area contributed by atoms with Crippen molar-refractivity contribution in [1.82, 2.24) is 9.88 Å². The minimum atomic E-state index is -0.0371. The van der Waals surface area contributed by atoms with Crippen LogP contribution in [0.4, 0.5) is 5.69 Å². The number of fused-ring (bicyclic) bond motifs is 1. The topological polar surface area (TPSA) is 60.7 Å². The monoisotopic (exact) mass is 423 g/mol. The van der Waals surface area contributed by atoms with Gasteiger partial charge in [0.2, 0.25) is 0 Å². The van der Waals surface area contributed by atoms with Crippen LogP contribution in [-0.4, -0.2) is 26.9 Å². The van der Waals surface area contributed by atoms with E-state index in [4.69, 9.17) is 12.2 Å². The van der Waals surface area contributed by atoms with Crippen molar-refractivity contribution in [3.05, 3.63) is 59.8 Å². The van der Waals surface area contributed by atoms with Gasteiger partial charge in [0, 0.05) is 48.0 Å². The fraction of sp³-hybridized carbons (Fsp3) is 0.292. The molecule has 158 valence electrons. The summed E-state index contributed by atoms with van der Waals surface area (Å²) in [6.07, 6.45) is 3.88. The minimum Gasteiger partial charge on any atom is -0.508 e. The summed E-state index contributed by atoms with van der Waals surface area (Å²) in [7, 11) is 1.76. The Labute approximate surface area is 183 Å². The Hall–Kier alpha value is -2.99. The van der Waals surface area contributed by atoms with E-state index in [1.54, 1.807) is 13.1 Å². The van der Waals surface area contributed by atoms with Gasteiger partial charge in [-0.3, -0.25) is 4.90 Å². The highest BCUT2D eigenvalue weighted by atomic mass is 32.1. The quantitative estimate of drug-likeness (QED) is 0.469. The number of hydrogen-bond donors (Lipinski definition) is 3. The van der Waals surface area contributed by atoms with Crippen molar-refractivity contribution in [2.24, 2.45) is 0 Å². The predicted molar refractivity (Wildman–Crippen MR) is 129 cm³/mol. The van der Waals surface area contributed by atoms with Crippen molar-refractivity contribution in [2.75, 3.05) is 11.9 Å². The molecule has 0 aliphatic rings. The number of nitrogens with one attached hydrogen (secondary N) is 1. The van der Waals surface area contributed by atoms with Gasteiger partial charge in [-0.2, -0.15) is 0 Å². The van der Waals surface area contributed by atoms with Crippen LogP contribution < -0.4 is 10.2 Å². The van der Waals surface area contributed by atoms with Crippen LogP contribution >= 0.6 is 12.2 Å². The Bertz CT molecular complexity index is 1120. The zero-order valence-corrected chi connectivity index (χ0v) is 18.8. The molecule has 0 amide bonds. The molecule has 6 heteroatoms. The third kappa shape index (κ3) is 3.87. The van der Waals surface area contributed by atoms with Crippen molar-refractivity contribution < 1.29 is 10.2 Å². The van der Waals surface area contributed by atoms with Crippen LogP contribution in [0.25, 0.3) is 16.6 Å². The first kappa shape index (κ1) is 21.7. The number of aromatic hydroxyl groups is 2. The molecule has 0 unspecified atom stereocenters. The summed E-state index contributed by atoms with van der Waals surface area (Å²) in [6, 6.07) is 9.34. The molecule has 3 N–H and O–H groups in total. The smallest absolute Gasteiger partial charge is 0.177 e. The second-order valence-electron chi connectivity index (χ2n) is 7.40. The number of phenolic OH excluding ortho intramolecular Hbond substituents is 2. The van der Waals surface area contributed by atoms with Crippen molar-refractivity contribution in [3.63, 3.8) is 0 Å². The molecule has 0 aliphatic heterocycles. The van der Waals surface area contributed by atoms with Crippen LogP contribution in [-0.2, 0) is 13.0 Å². The minimum absolute atomic E-state index is 0.0371. The molecule has 0 spiro atoms. The molecule has 3 rings (SSSR count). The number of aryl methyl sites for hydroxylation is 3. The number of hydrogen-bond acceptors (Lipinski definition) is 3. The van der Waals surface area contributed by atoms with Gasteiger partial charge in [0.1, 0.15) is 11.5 Å². The van der Waals surface area contributed by atoms with Gasteiger partial charge in [-0.15, -0.1) is 0 Å². The lowest BCUT2D eigenvalue weighted by molar-refractivity contribution is 0.445. The lowest BCUT2D eigenvalue weighted by atomic mass is 10.0. The van der Waals surface area contributed by atoms with E-state index in [0.717, 1.165) is 29.6 Å². The lowest BCUT2D eigenvalue weighted by Crippen LogP contribution is -2.36. The SMILES string of the molecule is C=C(c1cc(CC)c(O)cc1O)N(C(=S)NC)c1ccc2c(c1)c(C)cn2CCC. The maximum atomic E-state index is 10.5. The molecule has 0 fully saturated rings. The fourth-order valence-corrected chi connectivity index (χ4v) is 4.01. The Morgan fingerprint density at radius 2 is 1.90 bits per heavy atom. The number of nitrogens with zero attached hydrogens (tertiary/aromatic N) is 2. The Kier molecular flexibility index (Phi) is 6.37. The number of anilines is 1. The standard InChI is InChI=1S/C24H29N3O2S/c1-6-10-26-14-15(3)19-12-18(8-9-21(19)26)27(24(30)25-5)16(4)20-11-17(7-2)22(28)13-23(20)29/h8-9,11-14,28-29H,4,6-7,10H2,1-3,5H3,(H,25,30). The maximum absolute atomic E-state index is 10.5. The maximum Gasteiger partial charge on any atom is 0.177 e. The van der Waals surface area contributed by atoms with Crippen LogP contribution in [0.3, 0.4) is 0 Å². The van der Waals surface area contributed by atoms with Gasteiger partial charge in [-0.25, -0.2) is 0 Å². The summed E-state index contributed by atoms with van der Waals surface area (Å²) < 4.78 is 2.27. The van der Waals surface area contributed by atoms with E-state index in [-0.39, 0.29) is 11.5 Å². The summed E-state index contributed by atoms with van der Waals surface area (Å²) in [5.74, 6) is 0.0357. The summed E-state index contributed by atoms with van der Waals surface area (Å²) in [4.78, 5) is 1.82. The van der Waals surface area contributed by atoms with E-state index in [1.807, 2.05) is 17.9 Å². The second kappa shape index (κ2) is 8.79. The van der Waals surface area contributed by atoms with Gasteiger partial charge >= 0.3 is 0 Å². The van der Waals surface area contributed by atoms with E-state index >= 15 is 0 Å². The second-order valence-corrected chi connectivity index (χ2v) is 7.78. The molecule has 0 bridgehead atoms. The molecule has 0 saturated carbocycles. The third-order valence-electron chi connectivity index (χ3n) is 5.36. The molecule has 2 aromatic carbocycles. The van der Waals surface area contributed by atoms with Crippen molar-refractivity contribution in [1.29, 1.82) is 0 Å². The molecular weight excluding hydrogens is 394 g/mol. The van der Waals surface area contributed by atoms with Gasteiger partial charge in [0.05, 0.1) is 5.70 Å². The highest BCUT2D eigenvalue weighted by Crippen LogP contribution is 2.36. The van der Waals surface area contributed by atoms with Crippen LogP contribution in [0.1, 0.15) is 37.0 Å². The number of benzene rings is 2. The first-order valence-electron chi connectivity index (χ1n) is 10.2. The number of thiocarbonyl (C=S) groups is 1. The molecule has 0 radical (unpaired) electrons. The molecular formula is C24H29N3O2S. The average molecular weight is 424 g/mol. The summed E-state index contributed by atoms with van der Waals surface area (Å²) >= 11 is 5.59. The zero-order chi connectivity index (χ0) is 22.0. The molecule has 1 heterocycles. The van der Waals surface area contributed by atoms with Crippen LogP contribution in [0.5, 0.6) is 11.5 Å². The van der Waals surface area contributed by atoms with Crippen LogP contribution in [0.2, 0.25) is 0 Å². The largest absolute Gasteiger partial charge is 0.508 e. The molecule has 5 nitrogen and oxygen atoms in total. The van der Waals surface area contributed by atoms with Crippen molar-refractivity contribution >= 4 is 39.6 Å². The van der Waals surface area contributed by atoms with Crippen molar-refractivity contribution in [3.8, 4) is 11.5 Å². The zero-order valence-electron chi connectivity index (χ0n) is 18.0. The molecule has 0 atom stereocenters. The first-order chi connectivity index (χ1) is 14.3. The normalized spacial score (nSPS) is 10.9. The third-order valence-corrected chi connectivity index (χ3v) is 5.75. The lowest BCUT2D eigenvalue weighted by Gasteiger charge is -2.28. The van der Waals surface area contributed by atoms with Gasteiger partial charge < -0.3 is 20.1 Å².